The molecule has 2 N–H and O–H groups in total. The zero-order valence-corrected chi connectivity index (χ0v) is 17.0. The number of hydrogen-bond acceptors (Lipinski definition) is 4. The van der Waals surface area contributed by atoms with Gasteiger partial charge in [-0.25, -0.2) is 0 Å². The van der Waals surface area contributed by atoms with Crippen LogP contribution in [0.4, 0.5) is 5.69 Å². The Balaban J connectivity index is 1.60. The first kappa shape index (κ1) is 19.4. The van der Waals surface area contributed by atoms with Crippen LogP contribution in [0.1, 0.15) is 31.7 Å². The van der Waals surface area contributed by atoms with Gasteiger partial charge in [-0.15, -0.1) is 0 Å². The summed E-state index contributed by atoms with van der Waals surface area (Å²) in [5, 5.41) is 10.8. The molecule has 4 rings (SSSR count). The molecule has 0 unspecified atom stereocenters. The van der Waals surface area contributed by atoms with Gasteiger partial charge >= 0.3 is 0 Å². The van der Waals surface area contributed by atoms with Gasteiger partial charge in [-0.05, 0) is 69.1 Å². The van der Waals surface area contributed by atoms with Gasteiger partial charge in [0, 0.05) is 30.2 Å². The standard InChI is InChI=1S/C24H28N4O/c1-2-28-23-16-20(29-15-5-14-27-12-3-4-13-27)10-11-21(23)22(17-25)24(28)18-6-8-19(26)9-7-18/h6-11,16H,2-5,12-15,26H2,1H3. The first-order valence-electron chi connectivity index (χ1n) is 10.5. The van der Waals surface area contributed by atoms with Crippen molar-refractivity contribution in [1.82, 2.24) is 9.47 Å². The number of fused-ring (bicyclic) bond motifs is 1. The second-order valence-electron chi connectivity index (χ2n) is 7.63. The third kappa shape index (κ3) is 3.94. The average molecular weight is 389 g/mol. The van der Waals surface area contributed by atoms with Crippen LogP contribution in [0.25, 0.3) is 22.2 Å². The van der Waals surface area contributed by atoms with Crippen LogP contribution in [0.15, 0.2) is 42.5 Å². The van der Waals surface area contributed by atoms with Crippen molar-refractivity contribution in [1.29, 1.82) is 5.26 Å². The summed E-state index contributed by atoms with van der Waals surface area (Å²) in [7, 11) is 0. The van der Waals surface area contributed by atoms with E-state index in [-0.39, 0.29) is 0 Å². The molecule has 0 saturated carbocycles. The lowest BCUT2D eigenvalue weighted by Crippen LogP contribution is -2.21. The van der Waals surface area contributed by atoms with E-state index < -0.39 is 0 Å². The summed E-state index contributed by atoms with van der Waals surface area (Å²) >= 11 is 0. The van der Waals surface area contributed by atoms with Crippen LogP contribution in [0.5, 0.6) is 5.75 Å². The van der Waals surface area contributed by atoms with Gasteiger partial charge < -0.3 is 19.9 Å². The Labute approximate surface area is 172 Å². The van der Waals surface area contributed by atoms with Crippen LogP contribution in [0.2, 0.25) is 0 Å². The zero-order valence-electron chi connectivity index (χ0n) is 17.0. The second-order valence-corrected chi connectivity index (χ2v) is 7.63. The van der Waals surface area contributed by atoms with E-state index in [1.165, 1.54) is 25.9 Å². The number of nitriles is 1. The number of anilines is 1. The number of nitrogens with zero attached hydrogens (tertiary/aromatic N) is 3. The minimum absolute atomic E-state index is 0.701. The van der Waals surface area contributed by atoms with Gasteiger partial charge in [-0.2, -0.15) is 5.26 Å². The molecule has 1 aromatic heterocycles. The molecule has 29 heavy (non-hydrogen) atoms. The number of aryl methyl sites for hydroxylation is 1. The molecule has 5 heteroatoms. The Morgan fingerprint density at radius 2 is 1.86 bits per heavy atom. The van der Waals surface area contributed by atoms with Gasteiger partial charge in [0.2, 0.25) is 0 Å². The molecular weight excluding hydrogens is 360 g/mol. The Bertz CT molecular complexity index is 1020. The van der Waals surface area contributed by atoms with Crippen molar-refractivity contribution in [2.45, 2.75) is 32.7 Å². The average Bonchev–Trinajstić information content (AvgIpc) is 3.37. The topological polar surface area (TPSA) is 67.2 Å². The molecule has 2 heterocycles. The minimum Gasteiger partial charge on any atom is -0.493 e. The molecule has 0 bridgehead atoms. The summed E-state index contributed by atoms with van der Waals surface area (Å²) in [6, 6.07) is 16.2. The number of aromatic nitrogens is 1. The largest absolute Gasteiger partial charge is 0.493 e. The molecule has 0 amide bonds. The Morgan fingerprint density at radius 3 is 2.55 bits per heavy atom. The molecule has 0 aliphatic carbocycles. The molecule has 0 radical (unpaired) electrons. The first-order valence-corrected chi connectivity index (χ1v) is 10.5. The molecular formula is C24H28N4O. The van der Waals surface area contributed by atoms with Crippen LogP contribution in [-0.4, -0.2) is 35.7 Å². The van der Waals surface area contributed by atoms with E-state index in [9.17, 15) is 5.26 Å². The summed E-state index contributed by atoms with van der Waals surface area (Å²) in [5.41, 5.74) is 10.2. The first-order chi connectivity index (χ1) is 14.2. The van der Waals surface area contributed by atoms with Crippen molar-refractivity contribution < 1.29 is 4.74 Å². The SMILES string of the molecule is CCn1c(-c2ccc(N)cc2)c(C#N)c2ccc(OCCCN3CCCC3)cc21. The van der Waals surface area contributed by atoms with Crippen LogP contribution in [0.3, 0.4) is 0 Å². The summed E-state index contributed by atoms with van der Waals surface area (Å²) in [5.74, 6) is 0.861. The van der Waals surface area contributed by atoms with Gasteiger partial charge in [0.25, 0.3) is 0 Å². The lowest BCUT2D eigenvalue weighted by molar-refractivity contribution is 0.263. The number of rotatable bonds is 7. The molecule has 2 aromatic carbocycles. The van der Waals surface area contributed by atoms with Crippen LogP contribution in [0, 0.1) is 11.3 Å². The van der Waals surface area contributed by atoms with E-state index in [0.717, 1.165) is 53.1 Å². The number of likely N-dealkylation sites (tertiary alicyclic amines) is 1. The van der Waals surface area contributed by atoms with Crippen molar-refractivity contribution in [2.75, 3.05) is 32.0 Å². The monoisotopic (exact) mass is 388 g/mol. The van der Waals surface area contributed by atoms with Crippen molar-refractivity contribution in [3.63, 3.8) is 0 Å². The fourth-order valence-corrected chi connectivity index (χ4v) is 4.29. The van der Waals surface area contributed by atoms with Gasteiger partial charge in [-0.1, -0.05) is 12.1 Å². The smallest absolute Gasteiger partial charge is 0.121 e. The maximum Gasteiger partial charge on any atom is 0.121 e. The predicted molar refractivity (Wildman–Crippen MR) is 118 cm³/mol. The molecule has 1 saturated heterocycles. The maximum absolute atomic E-state index is 9.86. The normalized spacial score (nSPS) is 14.3. The lowest BCUT2D eigenvalue weighted by atomic mass is 10.1. The second kappa shape index (κ2) is 8.59. The highest BCUT2D eigenvalue weighted by atomic mass is 16.5. The third-order valence-electron chi connectivity index (χ3n) is 5.73. The molecule has 0 atom stereocenters. The van der Waals surface area contributed by atoms with E-state index in [4.69, 9.17) is 10.5 Å². The highest BCUT2D eigenvalue weighted by Crippen LogP contribution is 2.35. The highest BCUT2D eigenvalue weighted by molar-refractivity contribution is 5.95. The summed E-state index contributed by atoms with van der Waals surface area (Å²) in [4.78, 5) is 2.51. The van der Waals surface area contributed by atoms with E-state index in [1.54, 1.807) is 0 Å². The molecule has 5 nitrogen and oxygen atoms in total. The van der Waals surface area contributed by atoms with Crippen LogP contribution in [-0.2, 0) is 6.54 Å². The molecule has 3 aromatic rings. The Morgan fingerprint density at radius 1 is 1.10 bits per heavy atom. The van der Waals surface area contributed by atoms with Gasteiger partial charge in [0.15, 0.2) is 0 Å². The van der Waals surface area contributed by atoms with Crippen LogP contribution >= 0.6 is 0 Å². The number of nitrogens with two attached hydrogens (primary N) is 1. The Kier molecular flexibility index (Phi) is 5.73. The molecule has 1 aliphatic rings. The quantitative estimate of drug-likeness (QED) is 0.473. The summed E-state index contributed by atoms with van der Waals surface area (Å²) < 4.78 is 8.23. The molecule has 0 spiro atoms. The highest BCUT2D eigenvalue weighted by Gasteiger charge is 2.18. The van der Waals surface area contributed by atoms with E-state index in [2.05, 4.69) is 28.5 Å². The zero-order chi connectivity index (χ0) is 20.2. The third-order valence-corrected chi connectivity index (χ3v) is 5.73. The van der Waals surface area contributed by atoms with Crippen molar-refractivity contribution >= 4 is 16.6 Å². The number of ether oxygens (including phenoxy) is 1. The summed E-state index contributed by atoms with van der Waals surface area (Å²) in [6.07, 6.45) is 3.68. The van der Waals surface area contributed by atoms with E-state index in [1.807, 2.05) is 36.4 Å². The maximum atomic E-state index is 9.86. The number of benzene rings is 2. The van der Waals surface area contributed by atoms with Crippen molar-refractivity contribution in [2.24, 2.45) is 0 Å². The van der Waals surface area contributed by atoms with Crippen molar-refractivity contribution in [3.05, 3.63) is 48.0 Å². The van der Waals surface area contributed by atoms with Gasteiger partial charge in [0.1, 0.15) is 11.8 Å². The molecule has 1 aliphatic heterocycles. The van der Waals surface area contributed by atoms with E-state index in [0.29, 0.717) is 12.2 Å². The summed E-state index contributed by atoms with van der Waals surface area (Å²) in [6.45, 7) is 7.14. The van der Waals surface area contributed by atoms with Gasteiger partial charge in [0.05, 0.1) is 23.4 Å². The minimum atomic E-state index is 0.701. The Hall–Kier alpha value is -2.97. The fraction of sp³-hybridized carbons (Fsp3) is 0.375. The fourth-order valence-electron chi connectivity index (χ4n) is 4.29. The van der Waals surface area contributed by atoms with Gasteiger partial charge in [-0.3, -0.25) is 0 Å². The molecule has 1 fully saturated rings. The number of nitrogen functional groups attached to an aromatic ring is 1. The molecule has 150 valence electrons. The van der Waals surface area contributed by atoms with Crippen molar-refractivity contribution in [3.8, 4) is 23.1 Å². The predicted octanol–water partition coefficient (Wildman–Crippen LogP) is 4.65. The lowest BCUT2D eigenvalue weighted by Gasteiger charge is -2.14. The van der Waals surface area contributed by atoms with Crippen LogP contribution < -0.4 is 10.5 Å². The van der Waals surface area contributed by atoms with E-state index >= 15 is 0 Å². The number of hydrogen-bond donors (Lipinski definition) is 1.